The van der Waals surface area contributed by atoms with Crippen molar-refractivity contribution in [3.05, 3.63) is 53.5 Å². The van der Waals surface area contributed by atoms with Crippen LogP contribution >= 0.6 is 11.6 Å². The van der Waals surface area contributed by atoms with Gasteiger partial charge in [0.2, 0.25) is 5.91 Å². The molecule has 4 rings (SSSR count). The number of nitrogens with one attached hydrogen (secondary N) is 1. The van der Waals surface area contributed by atoms with Crippen LogP contribution in [0.3, 0.4) is 0 Å². The van der Waals surface area contributed by atoms with Crippen LogP contribution in [-0.4, -0.2) is 58.0 Å². The number of rotatable bonds is 4. The van der Waals surface area contributed by atoms with Gasteiger partial charge in [0, 0.05) is 37.9 Å². The Hall–Kier alpha value is -2.64. The van der Waals surface area contributed by atoms with Crippen LogP contribution < -0.4 is 10.6 Å². The molecule has 3 N–H and O–H groups in total. The number of nitrogens with two attached hydrogens (primary N) is 1. The largest absolute Gasteiger partial charge is 0.356 e. The standard InChI is InChI=1S/C21H25ClN6O.C2H6/c1-27(13-15-3-2-4-16(22)6-5-15)20(29)21(23)8-11-28(12-9-21)19-17-7-10-24-18(17)25-14-26-19;1-2/h3-7,10,14H,2,8-9,11-13,23H2,1H3,(H,24,25,26);1-2H3. The number of H-pyrrole nitrogens is 1. The second-order valence-corrected chi connectivity index (χ2v) is 8.12. The second kappa shape index (κ2) is 10.1. The molecule has 0 aromatic carbocycles. The molecular formula is C23H31ClN6O. The van der Waals surface area contributed by atoms with Gasteiger partial charge in [-0.05, 0) is 37.0 Å². The molecule has 166 valence electrons. The van der Waals surface area contributed by atoms with E-state index in [1.165, 1.54) is 0 Å². The minimum atomic E-state index is -0.861. The number of aromatic nitrogens is 3. The number of anilines is 1. The smallest absolute Gasteiger partial charge is 0.242 e. The highest BCUT2D eigenvalue weighted by Crippen LogP contribution is 2.29. The molecule has 1 amide bonds. The molecule has 2 aromatic rings. The van der Waals surface area contributed by atoms with E-state index < -0.39 is 5.54 Å². The minimum absolute atomic E-state index is 0.0239. The summed E-state index contributed by atoms with van der Waals surface area (Å²) in [6, 6.07) is 1.98. The van der Waals surface area contributed by atoms with Gasteiger partial charge in [-0.25, -0.2) is 9.97 Å². The second-order valence-electron chi connectivity index (χ2n) is 7.68. The van der Waals surface area contributed by atoms with Crippen LogP contribution in [0.15, 0.2) is 53.5 Å². The first-order chi connectivity index (χ1) is 15.0. The van der Waals surface area contributed by atoms with Crippen LogP contribution in [0.5, 0.6) is 0 Å². The number of hydrogen-bond donors (Lipinski definition) is 2. The van der Waals surface area contributed by atoms with Gasteiger partial charge in [-0.2, -0.15) is 0 Å². The first-order valence-electron chi connectivity index (χ1n) is 10.8. The Labute approximate surface area is 188 Å². The average molecular weight is 443 g/mol. The summed E-state index contributed by atoms with van der Waals surface area (Å²) < 4.78 is 0. The van der Waals surface area contributed by atoms with Crippen molar-refractivity contribution in [2.24, 2.45) is 5.73 Å². The van der Waals surface area contributed by atoms with Gasteiger partial charge in [-0.1, -0.05) is 43.7 Å². The molecule has 8 heteroatoms. The molecule has 0 saturated carbocycles. The number of fused-ring (bicyclic) bond motifs is 1. The van der Waals surface area contributed by atoms with Crippen molar-refractivity contribution in [3.63, 3.8) is 0 Å². The van der Waals surface area contributed by atoms with Crippen LogP contribution in [0.2, 0.25) is 0 Å². The van der Waals surface area contributed by atoms with Crippen LogP contribution in [0.4, 0.5) is 5.82 Å². The van der Waals surface area contributed by atoms with Crippen LogP contribution in [-0.2, 0) is 4.79 Å². The van der Waals surface area contributed by atoms with Crippen molar-refractivity contribution < 1.29 is 4.79 Å². The van der Waals surface area contributed by atoms with Gasteiger partial charge in [0.05, 0.1) is 10.9 Å². The molecule has 0 spiro atoms. The Kier molecular flexibility index (Phi) is 7.51. The summed E-state index contributed by atoms with van der Waals surface area (Å²) in [5, 5.41) is 1.70. The lowest BCUT2D eigenvalue weighted by Crippen LogP contribution is -2.60. The molecule has 2 aromatic heterocycles. The van der Waals surface area contributed by atoms with Crippen LogP contribution in [0.1, 0.15) is 33.1 Å². The van der Waals surface area contributed by atoms with Gasteiger partial charge in [0.25, 0.3) is 0 Å². The third-order valence-electron chi connectivity index (χ3n) is 5.63. The number of nitrogens with zero attached hydrogens (tertiary/aromatic N) is 4. The Morgan fingerprint density at radius 2 is 2.00 bits per heavy atom. The van der Waals surface area contributed by atoms with Gasteiger partial charge >= 0.3 is 0 Å². The molecule has 0 bridgehead atoms. The summed E-state index contributed by atoms with van der Waals surface area (Å²) in [5.74, 6) is 0.862. The Morgan fingerprint density at radius 1 is 1.26 bits per heavy atom. The van der Waals surface area contributed by atoms with E-state index in [1.807, 2.05) is 51.4 Å². The summed E-state index contributed by atoms with van der Waals surface area (Å²) in [7, 11) is 1.81. The SMILES string of the molecule is CC.CN(CC1=CCC=C(Cl)C=C1)C(=O)C1(N)CCN(c2ncnc3[nH]ccc23)CC1. The monoisotopic (exact) mass is 442 g/mol. The molecule has 0 atom stereocenters. The molecule has 7 nitrogen and oxygen atoms in total. The zero-order valence-corrected chi connectivity index (χ0v) is 19.2. The van der Waals surface area contributed by atoms with Crippen LogP contribution in [0.25, 0.3) is 11.0 Å². The highest BCUT2D eigenvalue weighted by Gasteiger charge is 2.40. The molecule has 1 aliphatic carbocycles. The van der Waals surface area contributed by atoms with Gasteiger partial charge in [-0.15, -0.1) is 0 Å². The number of piperidine rings is 1. The average Bonchev–Trinajstić information content (AvgIpc) is 3.18. The maximum atomic E-state index is 13.1. The fourth-order valence-electron chi connectivity index (χ4n) is 3.93. The minimum Gasteiger partial charge on any atom is -0.356 e. The summed E-state index contributed by atoms with van der Waals surface area (Å²) in [4.78, 5) is 28.8. The van der Waals surface area contributed by atoms with Gasteiger partial charge < -0.3 is 20.5 Å². The Bertz CT molecular complexity index is 1000. The fraction of sp³-hybridized carbons (Fsp3) is 0.435. The number of halogens is 1. The summed E-state index contributed by atoms with van der Waals surface area (Å²) in [6.45, 7) is 5.87. The van der Waals surface area contributed by atoms with E-state index >= 15 is 0 Å². The molecule has 31 heavy (non-hydrogen) atoms. The zero-order valence-electron chi connectivity index (χ0n) is 18.4. The van der Waals surface area contributed by atoms with E-state index in [-0.39, 0.29) is 5.91 Å². The number of amides is 1. The lowest BCUT2D eigenvalue weighted by Gasteiger charge is -2.40. The zero-order chi connectivity index (χ0) is 22.4. The molecule has 0 unspecified atom stereocenters. The number of likely N-dealkylation sites (N-methyl/N-ethyl adjacent to an activating group) is 1. The third-order valence-corrected chi connectivity index (χ3v) is 5.91. The van der Waals surface area contributed by atoms with Crippen molar-refractivity contribution in [2.75, 3.05) is 31.6 Å². The number of allylic oxidation sites excluding steroid dienone is 4. The van der Waals surface area contributed by atoms with Crippen molar-refractivity contribution in [2.45, 2.75) is 38.6 Å². The molecule has 0 radical (unpaired) electrons. The number of aromatic amines is 1. The van der Waals surface area contributed by atoms with E-state index in [2.05, 4.69) is 25.9 Å². The Morgan fingerprint density at radius 3 is 2.74 bits per heavy atom. The summed E-state index contributed by atoms with van der Waals surface area (Å²) in [5.41, 5.74) is 7.58. The summed E-state index contributed by atoms with van der Waals surface area (Å²) >= 11 is 6.05. The van der Waals surface area contributed by atoms with E-state index in [0.717, 1.165) is 28.8 Å². The van der Waals surface area contributed by atoms with Gasteiger partial charge in [-0.3, -0.25) is 4.79 Å². The lowest BCUT2D eigenvalue weighted by molar-refractivity contribution is -0.136. The predicted octanol–water partition coefficient (Wildman–Crippen LogP) is 3.75. The summed E-state index contributed by atoms with van der Waals surface area (Å²) in [6.07, 6.45) is 13.2. The van der Waals surface area contributed by atoms with Crippen molar-refractivity contribution in [1.82, 2.24) is 19.9 Å². The molecule has 3 heterocycles. The molecule has 1 aliphatic heterocycles. The van der Waals surface area contributed by atoms with Crippen molar-refractivity contribution >= 4 is 34.4 Å². The van der Waals surface area contributed by atoms with Gasteiger partial charge in [0.1, 0.15) is 17.8 Å². The van der Waals surface area contributed by atoms with E-state index in [0.29, 0.717) is 37.5 Å². The highest BCUT2D eigenvalue weighted by molar-refractivity contribution is 6.31. The normalized spacial score (nSPS) is 17.9. The number of carbonyl (C=O) groups is 1. The predicted molar refractivity (Wildman–Crippen MR) is 127 cm³/mol. The Balaban J connectivity index is 0.00000132. The number of carbonyl (C=O) groups excluding carboxylic acids is 1. The van der Waals surface area contributed by atoms with Crippen molar-refractivity contribution in [1.29, 1.82) is 0 Å². The topological polar surface area (TPSA) is 91.1 Å². The van der Waals surface area contributed by atoms with Gasteiger partial charge in [0.15, 0.2) is 0 Å². The quantitative estimate of drug-likeness (QED) is 0.752. The lowest BCUT2D eigenvalue weighted by atomic mass is 9.87. The molecule has 2 aliphatic rings. The first-order valence-corrected chi connectivity index (χ1v) is 11.1. The molecular weight excluding hydrogens is 412 g/mol. The third kappa shape index (κ3) is 5.17. The first kappa shape index (κ1) is 23.0. The highest BCUT2D eigenvalue weighted by atomic mass is 35.5. The van der Waals surface area contributed by atoms with E-state index in [4.69, 9.17) is 17.3 Å². The number of hydrogen-bond acceptors (Lipinski definition) is 5. The molecule has 1 fully saturated rings. The molecule has 1 saturated heterocycles. The van der Waals surface area contributed by atoms with E-state index in [1.54, 1.807) is 11.2 Å². The van der Waals surface area contributed by atoms with Crippen LogP contribution in [0, 0.1) is 0 Å². The maximum Gasteiger partial charge on any atom is 0.242 e. The maximum absolute atomic E-state index is 13.1. The fourth-order valence-corrected chi connectivity index (χ4v) is 4.08. The van der Waals surface area contributed by atoms with Crippen molar-refractivity contribution in [3.8, 4) is 0 Å². The van der Waals surface area contributed by atoms with E-state index in [9.17, 15) is 4.79 Å².